The van der Waals surface area contributed by atoms with Gasteiger partial charge in [-0.15, -0.1) is 0 Å². The first-order valence-corrected chi connectivity index (χ1v) is 14.3. The van der Waals surface area contributed by atoms with E-state index >= 15 is 0 Å². The molecule has 2 aromatic heterocycles. The summed E-state index contributed by atoms with van der Waals surface area (Å²) in [5, 5.41) is 22.7. The fourth-order valence-electron chi connectivity index (χ4n) is 4.64. The first-order valence-electron chi connectivity index (χ1n) is 14.3. The second-order valence-electron chi connectivity index (χ2n) is 10.1. The lowest BCUT2D eigenvalue weighted by Gasteiger charge is -2.06. The summed E-state index contributed by atoms with van der Waals surface area (Å²) in [7, 11) is 0. The van der Waals surface area contributed by atoms with Crippen LogP contribution in [0.15, 0.2) is 79.4 Å². The van der Waals surface area contributed by atoms with Gasteiger partial charge in [0, 0.05) is 25.7 Å². The van der Waals surface area contributed by atoms with Crippen LogP contribution in [0.25, 0.3) is 0 Å². The zero-order valence-electron chi connectivity index (χ0n) is 23.3. The maximum absolute atomic E-state index is 12.5. The van der Waals surface area contributed by atoms with Gasteiger partial charge < -0.3 is 10.6 Å². The van der Waals surface area contributed by atoms with Gasteiger partial charge in [0.25, 0.3) is 0 Å². The predicted molar refractivity (Wildman–Crippen MR) is 158 cm³/mol. The number of carbonyl (C=O) groups excluding carboxylic acids is 2. The molecule has 0 aliphatic carbocycles. The van der Waals surface area contributed by atoms with Crippen LogP contribution < -0.4 is 10.6 Å². The zero-order valence-corrected chi connectivity index (χ0v) is 23.3. The molecule has 0 bridgehead atoms. The number of aryl methyl sites for hydroxylation is 2. The van der Waals surface area contributed by atoms with Crippen molar-refractivity contribution in [1.29, 1.82) is 5.26 Å². The zero-order chi connectivity index (χ0) is 28.7. The van der Waals surface area contributed by atoms with E-state index in [0.29, 0.717) is 25.1 Å². The highest BCUT2D eigenvalue weighted by molar-refractivity contribution is 5.76. The molecule has 2 N–H and O–H groups in total. The molecule has 0 atom stereocenters. The van der Waals surface area contributed by atoms with Crippen molar-refractivity contribution >= 4 is 12.1 Å². The van der Waals surface area contributed by atoms with Crippen LogP contribution in [0, 0.1) is 11.3 Å². The average Bonchev–Trinajstić information content (AvgIpc) is 3.67. The number of nitrogens with zero attached hydrogens (tertiary/aromatic N) is 5. The third-order valence-corrected chi connectivity index (χ3v) is 6.84. The van der Waals surface area contributed by atoms with Crippen molar-refractivity contribution in [2.75, 3.05) is 13.1 Å². The second kappa shape index (κ2) is 15.8. The SMILES string of the molecule is N#Cc1cnn(C(=O)NCCCCCc2cccc(Cc3cnn(C(=O)NCCCCCc4ccccc4)c3)c2)c1. The Morgan fingerprint density at radius 3 is 1.98 bits per heavy atom. The second-order valence-corrected chi connectivity index (χ2v) is 10.1. The maximum Gasteiger partial charge on any atom is 0.342 e. The standard InChI is InChI=1S/C32H37N7O2/c33-21-30-23-37-39(25-30)32(41)35-18-9-3-7-14-27-15-10-16-28(19-27)20-29-22-36-38(24-29)31(40)34-17-8-2-6-13-26-11-4-1-5-12-26/h1,4-5,10-12,15-16,19,22-25H,2-3,6-9,13-14,17-18,20H2,(H,34,40)(H,35,41). The summed E-state index contributed by atoms with van der Waals surface area (Å²) in [5.74, 6) is 0. The molecule has 9 nitrogen and oxygen atoms in total. The minimum atomic E-state index is -0.325. The minimum absolute atomic E-state index is 0.194. The van der Waals surface area contributed by atoms with Crippen LogP contribution in [0.4, 0.5) is 9.59 Å². The molecule has 0 aliphatic rings. The van der Waals surface area contributed by atoms with Crippen molar-refractivity contribution in [2.45, 2.75) is 57.8 Å². The Morgan fingerprint density at radius 2 is 1.29 bits per heavy atom. The largest absolute Gasteiger partial charge is 0.342 e. The van der Waals surface area contributed by atoms with Crippen molar-refractivity contribution < 1.29 is 9.59 Å². The normalized spacial score (nSPS) is 10.7. The molecular formula is C32H37N7O2. The molecule has 4 rings (SSSR count). The molecule has 0 spiro atoms. The quantitative estimate of drug-likeness (QED) is 0.201. The minimum Gasteiger partial charge on any atom is -0.336 e. The van der Waals surface area contributed by atoms with Gasteiger partial charge in [0.2, 0.25) is 0 Å². The van der Waals surface area contributed by atoms with Crippen LogP contribution in [-0.2, 0) is 19.3 Å². The monoisotopic (exact) mass is 551 g/mol. The summed E-state index contributed by atoms with van der Waals surface area (Å²) in [4.78, 5) is 24.5. The van der Waals surface area contributed by atoms with Crippen LogP contribution in [0.1, 0.15) is 66.3 Å². The van der Waals surface area contributed by atoms with Crippen LogP contribution in [0.3, 0.4) is 0 Å². The van der Waals surface area contributed by atoms with Crippen molar-refractivity contribution in [1.82, 2.24) is 30.2 Å². The summed E-state index contributed by atoms with van der Waals surface area (Å²) >= 11 is 0. The third kappa shape index (κ3) is 9.76. The third-order valence-electron chi connectivity index (χ3n) is 6.84. The summed E-state index contributed by atoms with van der Waals surface area (Å²) in [5.41, 5.74) is 5.16. The lowest BCUT2D eigenvalue weighted by atomic mass is 10.0. The van der Waals surface area contributed by atoms with Gasteiger partial charge in [-0.25, -0.2) is 9.59 Å². The van der Waals surface area contributed by atoms with Crippen molar-refractivity contribution in [3.05, 3.63) is 107 Å². The van der Waals surface area contributed by atoms with Crippen molar-refractivity contribution in [3.63, 3.8) is 0 Å². The van der Waals surface area contributed by atoms with Gasteiger partial charge in [0.15, 0.2) is 0 Å². The average molecular weight is 552 g/mol. The van der Waals surface area contributed by atoms with Gasteiger partial charge in [-0.1, -0.05) is 67.4 Å². The van der Waals surface area contributed by atoms with Crippen molar-refractivity contribution in [2.24, 2.45) is 0 Å². The molecule has 9 heteroatoms. The molecule has 2 aromatic carbocycles. The molecule has 0 fully saturated rings. The molecule has 0 saturated carbocycles. The number of amides is 2. The van der Waals surface area contributed by atoms with Gasteiger partial charge in [-0.3, -0.25) is 0 Å². The molecule has 0 unspecified atom stereocenters. The number of aromatic nitrogens is 4. The lowest BCUT2D eigenvalue weighted by molar-refractivity contribution is 0.238. The summed E-state index contributed by atoms with van der Waals surface area (Å²) in [6.07, 6.45) is 15.1. The highest BCUT2D eigenvalue weighted by Gasteiger charge is 2.08. The van der Waals surface area contributed by atoms with E-state index in [9.17, 15) is 9.59 Å². The Hall–Kier alpha value is -4.71. The maximum atomic E-state index is 12.5. The molecule has 0 saturated heterocycles. The van der Waals surface area contributed by atoms with Gasteiger partial charge in [0.1, 0.15) is 6.07 Å². The summed E-state index contributed by atoms with van der Waals surface area (Å²) in [6, 6.07) is 20.4. The van der Waals surface area contributed by atoms with E-state index in [0.717, 1.165) is 61.6 Å². The Bertz CT molecular complexity index is 1440. The number of nitriles is 1. The van der Waals surface area contributed by atoms with Crippen LogP contribution in [-0.4, -0.2) is 44.7 Å². The number of benzene rings is 2. The fourth-order valence-corrected chi connectivity index (χ4v) is 4.64. The van der Waals surface area contributed by atoms with Crippen LogP contribution >= 0.6 is 0 Å². The summed E-state index contributed by atoms with van der Waals surface area (Å²) in [6.45, 7) is 1.21. The highest BCUT2D eigenvalue weighted by Crippen LogP contribution is 2.14. The van der Waals surface area contributed by atoms with E-state index in [2.05, 4.69) is 69.4 Å². The van der Waals surface area contributed by atoms with Gasteiger partial charge in [0.05, 0.1) is 24.2 Å². The van der Waals surface area contributed by atoms with E-state index in [-0.39, 0.29) is 12.1 Å². The number of hydrogen-bond donors (Lipinski definition) is 2. The van der Waals surface area contributed by atoms with Gasteiger partial charge in [-0.2, -0.15) is 24.8 Å². The van der Waals surface area contributed by atoms with Gasteiger partial charge >= 0.3 is 12.1 Å². The van der Waals surface area contributed by atoms with Crippen LogP contribution in [0.2, 0.25) is 0 Å². The number of nitrogens with one attached hydrogen (secondary N) is 2. The molecule has 0 radical (unpaired) electrons. The molecule has 0 aliphatic heterocycles. The Labute approximate surface area is 241 Å². The van der Waals surface area contributed by atoms with Crippen molar-refractivity contribution in [3.8, 4) is 6.07 Å². The van der Waals surface area contributed by atoms with E-state index in [1.54, 1.807) is 12.4 Å². The first-order chi connectivity index (χ1) is 20.1. The number of carbonyl (C=O) groups is 2. The fraction of sp³-hybridized carbons (Fsp3) is 0.344. The summed E-state index contributed by atoms with van der Waals surface area (Å²) < 4.78 is 2.53. The molecular weight excluding hydrogens is 514 g/mol. The number of unbranched alkanes of at least 4 members (excludes halogenated alkanes) is 4. The Morgan fingerprint density at radius 1 is 0.683 bits per heavy atom. The molecule has 212 valence electrons. The molecule has 2 heterocycles. The lowest BCUT2D eigenvalue weighted by Crippen LogP contribution is -2.29. The van der Waals surface area contributed by atoms with E-state index in [4.69, 9.17) is 5.26 Å². The molecule has 41 heavy (non-hydrogen) atoms. The van der Waals surface area contributed by atoms with Gasteiger partial charge in [-0.05, 0) is 60.8 Å². The van der Waals surface area contributed by atoms with E-state index in [1.807, 2.05) is 12.1 Å². The first kappa shape index (κ1) is 29.3. The Kier molecular flexibility index (Phi) is 11.3. The highest BCUT2D eigenvalue weighted by atomic mass is 16.2. The topological polar surface area (TPSA) is 118 Å². The molecule has 2 amide bonds. The number of rotatable bonds is 14. The Balaban J connectivity index is 1.10. The molecule has 4 aromatic rings. The smallest absolute Gasteiger partial charge is 0.336 e. The predicted octanol–water partition coefficient (Wildman–Crippen LogP) is 5.48. The number of hydrogen-bond acceptors (Lipinski definition) is 5. The van der Waals surface area contributed by atoms with E-state index in [1.165, 1.54) is 33.8 Å². The van der Waals surface area contributed by atoms with E-state index < -0.39 is 0 Å². The van der Waals surface area contributed by atoms with Crippen LogP contribution in [0.5, 0.6) is 0 Å².